The summed E-state index contributed by atoms with van der Waals surface area (Å²) >= 11 is 1.52. The quantitative estimate of drug-likeness (QED) is 0.164. The van der Waals surface area contributed by atoms with E-state index in [2.05, 4.69) is 116 Å². The summed E-state index contributed by atoms with van der Waals surface area (Å²) in [7, 11) is 7.97. The fourth-order valence-corrected chi connectivity index (χ4v) is 9.58. The van der Waals surface area contributed by atoms with E-state index in [0.717, 1.165) is 82.8 Å². The average Bonchev–Trinajstić information content (AvgIpc) is 4.12. The first-order valence-corrected chi connectivity index (χ1v) is 21.6. The minimum atomic E-state index is -0.526. The molecule has 2 aromatic carbocycles. The van der Waals surface area contributed by atoms with E-state index in [1.54, 1.807) is 9.36 Å². The van der Waals surface area contributed by atoms with E-state index in [-0.39, 0.29) is 6.10 Å². The lowest BCUT2D eigenvalue weighted by molar-refractivity contribution is -0.832. The molecule has 6 aromatic heterocycles. The van der Waals surface area contributed by atoms with Gasteiger partial charge in [-0.05, 0) is 104 Å². The summed E-state index contributed by atoms with van der Waals surface area (Å²) in [5.74, 6) is 1.33. The lowest BCUT2D eigenvalue weighted by atomic mass is 10.0. The van der Waals surface area contributed by atoms with Crippen LogP contribution in [0, 0.1) is 18.3 Å². The van der Waals surface area contributed by atoms with Crippen LogP contribution in [0.15, 0.2) is 48.8 Å². The second-order valence-electron chi connectivity index (χ2n) is 16.0. The Labute approximate surface area is 362 Å². The first-order chi connectivity index (χ1) is 30.1. The van der Waals surface area contributed by atoms with Crippen molar-refractivity contribution >= 4 is 57.6 Å². The average molecular weight is 848 g/mol. The largest absolute Gasteiger partial charge is 0.473 e. The molecule has 0 aliphatic carbocycles. The Morgan fingerprint density at radius 3 is 2.40 bits per heavy atom. The van der Waals surface area contributed by atoms with Crippen molar-refractivity contribution in [1.29, 1.82) is 5.26 Å². The highest BCUT2D eigenvalue weighted by Crippen LogP contribution is 2.40. The van der Waals surface area contributed by atoms with Crippen LogP contribution < -0.4 is 14.2 Å². The number of nitriles is 1. The first-order valence-electron chi connectivity index (χ1n) is 20.8. The van der Waals surface area contributed by atoms with Gasteiger partial charge in [0.2, 0.25) is 5.88 Å². The molecule has 0 spiro atoms. The lowest BCUT2D eigenvalue weighted by Gasteiger charge is -2.26. The van der Waals surface area contributed by atoms with Crippen LogP contribution in [0.25, 0.3) is 68.4 Å². The summed E-state index contributed by atoms with van der Waals surface area (Å²) in [6.07, 6.45) is 11.4. The van der Waals surface area contributed by atoms with Crippen LogP contribution in [-0.4, -0.2) is 91.9 Å². The molecule has 17 heteroatoms. The van der Waals surface area contributed by atoms with E-state index in [4.69, 9.17) is 18.9 Å². The molecule has 1 N–H and O–H groups in total. The highest BCUT2D eigenvalue weighted by Gasteiger charge is 2.41. The maximum absolute atomic E-state index is 10.2. The Hall–Kier alpha value is -6.87. The Kier molecular flexibility index (Phi) is 9.65. The molecule has 9 heterocycles. The molecule has 0 amide bonds. The topological polar surface area (TPSA) is 153 Å². The summed E-state index contributed by atoms with van der Waals surface area (Å²) in [5.41, 5.74) is 11.3. The number of fused-ring (bicyclic) bond motifs is 13. The maximum atomic E-state index is 10.2. The zero-order chi connectivity index (χ0) is 43.0. The van der Waals surface area contributed by atoms with E-state index in [1.807, 2.05) is 63.3 Å². The molecule has 0 radical (unpaired) electrons. The molecule has 11 rings (SSSR count). The Balaban J connectivity index is 0.00000226. The molecule has 16 nitrogen and oxygen atoms in total. The molecule has 3 aliphatic rings. The molecule has 0 saturated carbocycles. The standard InChI is InChI=1S/C43H41N14O2S.C2H6/c1-24-20-51(3)21-37-28(25(2)60-50-37)10-14-38-31-16-27(32-18-45-54(6)42(32)58-24)8-13-39(31)57-55(38)41-23-52(4)22-40-29(36(17-44)49-53(40)5)9-12-35-30-15-26(7-11-34(30)47-48-35)33-19-46-56(57)43(33)59-41;1-2/h7-16,18-19,24,41H,20-23H2,1-6H3,(H,47,48);1-2H3/q+1;/b12-9+,14-10+;. The van der Waals surface area contributed by atoms with Crippen molar-refractivity contribution in [1.82, 2.24) is 58.6 Å². The van der Waals surface area contributed by atoms with Crippen LogP contribution in [0.5, 0.6) is 11.8 Å². The summed E-state index contributed by atoms with van der Waals surface area (Å²) in [6.45, 7) is 10.6. The second kappa shape index (κ2) is 15.2. The SMILES string of the molecule is CC.Cc1snc2c1/C=C/c1c3cc(ccc3n3[n+]1C1CN(C)Cc4c(c(C#N)nn4C)/C=C/c4n[nH]c5ccc(cc45)-c4cnn-3c4O1)-c1cnn(C)c1OC(C)CN(C)C2. The van der Waals surface area contributed by atoms with Gasteiger partial charge in [-0.25, -0.2) is 4.68 Å². The van der Waals surface area contributed by atoms with E-state index in [1.165, 1.54) is 11.5 Å². The van der Waals surface area contributed by atoms with Crippen LogP contribution >= 0.6 is 11.5 Å². The van der Waals surface area contributed by atoms with Crippen molar-refractivity contribution in [3.63, 3.8) is 0 Å². The number of rotatable bonds is 0. The molecule has 6 bridgehead atoms. The van der Waals surface area contributed by atoms with Crippen molar-refractivity contribution in [2.45, 2.75) is 53.1 Å². The monoisotopic (exact) mass is 847 g/mol. The van der Waals surface area contributed by atoms with Crippen LogP contribution in [0.1, 0.15) is 71.5 Å². The molecule has 8 aromatic rings. The number of hydrogen-bond donors (Lipinski definition) is 1. The smallest absolute Gasteiger partial charge is 0.345 e. The number of nitrogens with zero attached hydrogens (tertiary/aromatic N) is 13. The van der Waals surface area contributed by atoms with E-state index < -0.39 is 6.23 Å². The Bertz CT molecular complexity index is 3150. The van der Waals surface area contributed by atoms with Gasteiger partial charge in [-0.1, -0.05) is 31.1 Å². The molecule has 0 fully saturated rings. The van der Waals surface area contributed by atoms with Crippen molar-refractivity contribution in [2.24, 2.45) is 14.1 Å². The van der Waals surface area contributed by atoms with Gasteiger partial charge in [-0.3, -0.25) is 19.6 Å². The third kappa shape index (κ3) is 6.32. The molecule has 62 heavy (non-hydrogen) atoms. The molecular weight excluding hydrogens is 801 g/mol. The van der Waals surface area contributed by atoms with Crippen LogP contribution in [-0.2, 0) is 27.2 Å². The molecule has 2 unspecified atom stereocenters. The summed E-state index contributed by atoms with van der Waals surface area (Å²) in [5, 5.41) is 34.2. The minimum Gasteiger partial charge on any atom is -0.473 e. The number of H-pyrrole nitrogens is 1. The Morgan fingerprint density at radius 1 is 0.839 bits per heavy atom. The van der Waals surface area contributed by atoms with E-state index >= 15 is 0 Å². The predicted molar refractivity (Wildman–Crippen MR) is 239 cm³/mol. The number of aromatic amines is 1. The second-order valence-corrected chi connectivity index (χ2v) is 16.9. The normalized spacial score (nSPS) is 18.4. The minimum absolute atomic E-state index is 0.105. The van der Waals surface area contributed by atoms with Crippen LogP contribution in [0.3, 0.4) is 0 Å². The van der Waals surface area contributed by atoms with Gasteiger partial charge >= 0.3 is 5.88 Å². The van der Waals surface area contributed by atoms with Gasteiger partial charge in [0.25, 0.3) is 6.23 Å². The number of nitrogens with one attached hydrogen (secondary N) is 1. The predicted octanol–water partition coefficient (Wildman–Crippen LogP) is 6.67. The molecule has 2 atom stereocenters. The maximum Gasteiger partial charge on any atom is 0.345 e. The summed E-state index contributed by atoms with van der Waals surface area (Å²) in [6, 6.07) is 15.0. The molecule has 3 aliphatic heterocycles. The molecular formula is C45H47N14O2S+. The third-order valence-corrected chi connectivity index (χ3v) is 12.6. The van der Waals surface area contributed by atoms with Gasteiger partial charge in [0.15, 0.2) is 11.4 Å². The first kappa shape index (κ1) is 39.3. The van der Waals surface area contributed by atoms with Crippen molar-refractivity contribution in [2.75, 3.05) is 27.2 Å². The summed E-state index contributed by atoms with van der Waals surface area (Å²) < 4.78 is 24.6. The van der Waals surface area contributed by atoms with Gasteiger partial charge < -0.3 is 9.47 Å². The number of ether oxygens (including phenoxy) is 2. The zero-order valence-electron chi connectivity index (χ0n) is 35.9. The Morgan fingerprint density at radius 2 is 1.58 bits per heavy atom. The number of likely N-dealkylation sites (N-methyl/N-ethyl adjacent to an activating group) is 2. The van der Waals surface area contributed by atoms with Gasteiger partial charge in [0.05, 0.1) is 58.1 Å². The summed E-state index contributed by atoms with van der Waals surface area (Å²) in [4.78, 5) is 9.60. The van der Waals surface area contributed by atoms with Crippen molar-refractivity contribution in [3.8, 4) is 40.1 Å². The lowest BCUT2D eigenvalue weighted by Crippen LogP contribution is -2.59. The number of aryl methyl sites for hydroxylation is 3. The van der Waals surface area contributed by atoms with E-state index in [0.29, 0.717) is 43.6 Å². The van der Waals surface area contributed by atoms with Gasteiger partial charge in [0, 0.05) is 59.9 Å². The highest BCUT2D eigenvalue weighted by molar-refractivity contribution is 7.06. The van der Waals surface area contributed by atoms with Gasteiger partial charge in [-0.15, -0.1) is 4.68 Å². The molecule has 0 saturated heterocycles. The highest BCUT2D eigenvalue weighted by atomic mass is 32.1. The zero-order valence-corrected chi connectivity index (χ0v) is 36.8. The van der Waals surface area contributed by atoms with Gasteiger partial charge in [-0.2, -0.15) is 24.9 Å². The van der Waals surface area contributed by atoms with E-state index in [9.17, 15) is 5.26 Å². The van der Waals surface area contributed by atoms with Crippen LogP contribution in [0.2, 0.25) is 0 Å². The fraction of sp³-hybridized carbons (Fsp3) is 0.311. The van der Waals surface area contributed by atoms with Crippen LogP contribution in [0.4, 0.5) is 0 Å². The number of benzene rings is 2. The van der Waals surface area contributed by atoms with Crippen molar-refractivity contribution < 1.29 is 14.2 Å². The number of aromatic nitrogens is 11. The van der Waals surface area contributed by atoms with Gasteiger partial charge in [0.1, 0.15) is 17.7 Å². The molecule has 314 valence electrons. The van der Waals surface area contributed by atoms with Crippen molar-refractivity contribution in [3.05, 3.63) is 93.3 Å². The fourth-order valence-electron chi connectivity index (χ4n) is 8.89. The third-order valence-electron chi connectivity index (χ3n) is 11.7. The number of hydrogen-bond acceptors (Lipinski definition) is 11.